The number of thiol groups is 1. The Morgan fingerprint density at radius 2 is 2.28 bits per heavy atom. The van der Waals surface area contributed by atoms with Gasteiger partial charge in [-0.1, -0.05) is 17.9 Å². The van der Waals surface area contributed by atoms with E-state index in [0.717, 1.165) is 17.4 Å². The molecule has 6 nitrogen and oxygen atoms in total. The Kier molecular flexibility index (Phi) is 3.68. The van der Waals surface area contributed by atoms with E-state index in [1.807, 2.05) is 0 Å². The minimum Gasteiger partial charge on any atom is -0.412 e. The molecule has 0 radical (unpaired) electrons. The fourth-order valence-corrected chi connectivity index (χ4v) is 2.85. The number of aromatic nitrogens is 2. The molecule has 0 amide bonds. The summed E-state index contributed by atoms with van der Waals surface area (Å²) < 4.78 is 27.0. The lowest BCUT2D eigenvalue weighted by molar-refractivity contribution is -0.128. The van der Waals surface area contributed by atoms with E-state index in [9.17, 15) is 13.2 Å². The summed E-state index contributed by atoms with van der Waals surface area (Å²) in [6.45, 7) is 3.29. The molecule has 0 aliphatic carbocycles. The summed E-state index contributed by atoms with van der Waals surface area (Å²) in [7, 11) is -2.57. The topological polar surface area (TPSA) is 86.2 Å². The second-order valence-electron chi connectivity index (χ2n) is 3.22. The van der Waals surface area contributed by atoms with Crippen LogP contribution < -0.4 is 4.74 Å². The van der Waals surface area contributed by atoms with Crippen LogP contribution in [0.3, 0.4) is 0 Å². The zero-order valence-corrected chi connectivity index (χ0v) is 10.7. The third-order valence-electron chi connectivity index (χ3n) is 2.01. The van der Waals surface area contributed by atoms with Crippen LogP contribution in [0, 0.1) is 0 Å². The van der Waals surface area contributed by atoms with Crippen molar-refractivity contribution in [2.24, 2.45) is 0 Å². The van der Waals surface area contributed by atoms with Crippen LogP contribution in [0.25, 0.3) is 10.2 Å². The molecule has 2 rings (SSSR count). The highest BCUT2D eigenvalue weighted by molar-refractivity contribution is 7.71. The van der Waals surface area contributed by atoms with Crippen molar-refractivity contribution in [3.8, 4) is 5.06 Å². The largest absolute Gasteiger partial charge is 0.412 e. The van der Waals surface area contributed by atoms with Crippen LogP contribution in [-0.2, 0) is 21.3 Å². The zero-order chi connectivity index (χ0) is 13.1. The molecule has 0 bridgehead atoms. The normalized spacial score (nSPS) is 10.7. The van der Waals surface area contributed by atoms with E-state index in [4.69, 9.17) is 4.74 Å². The molecule has 0 saturated carbocycles. The highest BCUT2D eigenvalue weighted by Crippen LogP contribution is 2.32. The lowest BCUT2D eigenvalue weighted by Crippen LogP contribution is -2.00. The van der Waals surface area contributed by atoms with Gasteiger partial charge in [-0.2, -0.15) is 0 Å². The van der Waals surface area contributed by atoms with Crippen molar-refractivity contribution >= 4 is 38.2 Å². The molecule has 0 spiro atoms. The molecule has 0 aliphatic rings. The number of hydrogen-bond acceptors (Lipinski definition) is 7. The molecule has 0 aromatic carbocycles. The van der Waals surface area contributed by atoms with Gasteiger partial charge in [0, 0.05) is 12.1 Å². The standard InChI is InChI=1S/C10H8N2O4S2/c1-2-8(13)16-9-3-6-10(17-9)7(4-18(14)15)12-5-11-6/h2-3,5,18H,1,4H2. The fraction of sp³-hybridized carbons (Fsp3) is 0.100. The minimum absolute atomic E-state index is 0.163. The van der Waals surface area contributed by atoms with E-state index in [1.54, 1.807) is 6.07 Å². The quantitative estimate of drug-likeness (QED) is 0.510. The van der Waals surface area contributed by atoms with Gasteiger partial charge in [-0.05, 0) is 0 Å². The summed E-state index contributed by atoms with van der Waals surface area (Å²) in [4.78, 5) is 19.0. The Hall–Kier alpha value is -1.80. The Labute approximate surface area is 108 Å². The molecule has 0 N–H and O–H groups in total. The molecule has 94 valence electrons. The number of carbonyl (C=O) groups is 1. The highest BCUT2D eigenvalue weighted by atomic mass is 32.2. The van der Waals surface area contributed by atoms with Gasteiger partial charge >= 0.3 is 5.97 Å². The van der Waals surface area contributed by atoms with Gasteiger partial charge in [-0.3, -0.25) is 0 Å². The first-order valence-electron chi connectivity index (χ1n) is 4.79. The predicted molar refractivity (Wildman–Crippen MR) is 67.3 cm³/mol. The number of ether oxygens (including phenoxy) is 1. The van der Waals surface area contributed by atoms with Gasteiger partial charge in [-0.15, -0.1) is 0 Å². The van der Waals surface area contributed by atoms with Crippen LogP contribution in [0.2, 0.25) is 0 Å². The summed E-state index contributed by atoms with van der Waals surface area (Å²) >= 11 is 1.13. The number of fused-ring (bicyclic) bond motifs is 1. The van der Waals surface area contributed by atoms with Gasteiger partial charge in [0.25, 0.3) is 0 Å². The first-order chi connectivity index (χ1) is 8.60. The second-order valence-corrected chi connectivity index (χ2v) is 5.21. The third kappa shape index (κ3) is 2.71. The summed E-state index contributed by atoms with van der Waals surface area (Å²) in [5.74, 6) is -0.741. The first-order valence-corrected chi connectivity index (χ1v) is 6.97. The number of esters is 1. The predicted octanol–water partition coefficient (Wildman–Crippen LogP) is 0.894. The lowest BCUT2D eigenvalue weighted by Gasteiger charge is -1.95. The van der Waals surface area contributed by atoms with Crippen molar-refractivity contribution in [3.05, 3.63) is 30.7 Å². The van der Waals surface area contributed by atoms with Crippen molar-refractivity contribution in [1.82, 2.24) is 9.97 Å². The summed E-state index contributed by atoms with van der Waals surface area (Å²) in [6.07, 6.45) is 2.33. The van der Waals surface area contributed by atoms with Crippen LogP contribution in [0.15, 0.2) is 25.0 Å². The van der Waals surface area contributed by atoms with Crippen molar-refractivity contribution in [2.45, 2.75) is 5.75 Å². The zero-order valence-electron chi connectivity index (χ0n) is 9.03. The maximum Gasteiger partial charge on any atom is 0.336 e. The lowest BCUT2D eigenvalue weighted by atomic mass is 10.4. The Bertz CT molecular complexity index is 682. The Morgan fingerprint density at radius 3 is 2.94 bits per heavy atom. The molecule has 18 heavy (non-hydrogen) atoms. The van der Waals surface area contributed by atoms with Crippen LogP contribution in [0.5, 0.6) is 5.06 Å². The van der Waals surface area contributed by atoms with Gasteiger partial charge in [-0.25, -0.2) is 23.2 Å². The molecule has 0 saturated heterocycles. The van der Waals surface area contributed by atoms with Gasteiger partial charge < -0.3 is 4.74 Å². The van der Waals surface area contributed by atoms with E-state index in [-0.39, 0.29) is 5.75 Å². The van der Waals surface area contributed by atoms with Crippen molar-refractivity contribution in [3.63, 3.8) is 0 Å². The summed E-state index contributed by atoms with van der Waals surface area (Å²) in [5, 5.41) is 0.331. The third-order valence-corrected chi connectivity index (χ3v) is 3.62. The smallest absolute Gasteiger partial charge is 0.336 e. The molecule has 8 heteroatoms. The SMILES string of the molecule is C=CC(=O)Oc1cc2ncnc(C[SH](=O)=O)c2s1. The molecule has 0 unspecified atom stereocenters. The van der Waals surface area contributed by atoms with Gasteiger partial charge in [0.05, 0.1) is 21.7 Å². The van der Waals surface area contributed by atoms with Crippen molar-refractivity contribution < 1.29 is 17.9 Å². The average molecular weight is 284 g/mol. The molecular formula is C10H8N2O4S2. The molecule has 2 aromatic heterocycles. The van der Waals surface area contributed by atoms with Gasteiger partial charge in [0.2, 0.25) is 0 Å². The molecule has 0 atom stereocenters. The molecular weight excluding hydrogens is 276 g/mol. The number of thiophene rings is 1. The van der Waals surface area contributed by atoms with Gasteiger partial charge in [0.1, 0.15) is 17.0 Å². The first kappa shape index (κ1) is 12.7. The maximum atomic E-state index is 11.1. The molecule has 2 aromatic rings. The Balaban J connectivity index is 2.43. The van der Waals surface area contributed by atoms with Crippen LogP contribution in [0.1, 0.15) is 5.69 Å². The van der Waals surface area contributed by atoms with Crippen molar-refractivity contribution in [2.75, 3.05) is 0 Å². The van der Waals surface area contributed by atoms with E-state index in [1.165, 1.54) is 6.33 Å². The van der Waals surface area contributed by atoms with E-state index in [2.05, 4.69) is 16.5 Å². The second kappa shape index (κ2) is 5.23. The van der Waals surface area contributed by atoms with E-state index < -0.39 is 16.7 Å². The Morgan fingerprint density at radius 1 is 1.50 bits per heavy atom. The van der Waals surface area contributed by atoms with Crippen LogP contribution in [0.4, 0.5) is 0 Å². The fourth-order valence-electron chi connectivity index (χ4n) is 1.31. The molecule has 0 aliphatic heterocycles. The van der Waals surface area contributed by atoms with Gasteiger partial charge in [0.15, 0.2) is 5.06 Å². The van der Waals surface area contributed by atoms with Crippen molar-refractivity contribution in [1.29, 1.82) is 0 Å². The molecule has 0 fully saturated rings. The number of carbonyl (C=O) groups excluding carboxylic acids is 1. The number of hydrogen-bond donors (Lipinski definition) is 1. The van der Waals surface area contributed by atoms with Crippen LogP contribution >= 0.6 is 11.3 Å². The number of rotatable bonds is 4. The van der Waals surface area contributed by atoms with E-state index in [0.29, 0.717) is 21.0 Å². The number of nitrogens with zero attached hydrogens (tertiary/aromatic N) is 2. The average Bonchev–Trinajstić information content (AvgIpc) is 2.71. The monoisotopic (exact) mass is 284 g/mol. The maximum absolute atomic E-state index is 11.1. The molecule has 2 heterocycles. The summed E-state index contributed by atoms with van der Waals surface area (Å²) in [6, 6.07) is 1.56. The summed E-state index contributed by atoms with van der Waals surface area (Å²) in [5.41, 5.74) is 0.954. The van der Waals surface area contributed by atoms with E-state index >= 15 is 0 Å². The highest BCUT2D eigenvalue weighted by Gasteiger charge is 2.11. The minimum atomic E-state index is -2.57. The van der Waals surface area contributed by atoms with Crippen LogP contribution in [-0.4, -0.2) is 24.4 Å².